The predicted molar refractivity (Wildman–Crippen MR) is 113 cm³/mol. The van der Waals surface area contributed by atoms with Gasteiger partial charge in [0.05, 0.1) is 22.3 Å². The van der Waals surface area contributed by atoms with Crippen LogP contribution in [0.25, 0.3) is 11.0 Å². The number of hydrogen-bond acceptors (Lipinski definition) is 1. The first kappa shape index (κ1) is 17.0. The van der Waals surface area contributed by atoms with Crippen molar-refractivity contribution in [1.82, 2.24) is 9.13 Å². The number of hydrogen-bond donors (Lipinski definition) is 0. The number of para-hydroxylation sites is 1. The van der Waals surface area contributed by atoms with E-state index in [2.05, 4.69) is 100 Å². The molecule has 142 valence electrons. The number of anilines is 1. The van der Waals surface area contributed by atoms with Crippen LogP contribution in [0, 0.1) is 12.3 Å². The monoisotopic (exact) mass is 361 g/mol. The molecule has 2 aromatic heterocycles. The fraction of sp³-hybridized carbons (Fsp3) is 0.500. The quantitative estimate of drug-likeness (QED) is 0.524. The van der Waals surface area contributed by atoms with Crippen molar-refractivity contribution in [2.45, 2.75) is 59.0 Å². The minimum atomic E-state index is -0.0568. The molecule has 3 heteroatoms. The van der Waals surface area contributed by atoms with E-state index in [4.69, 9.17) is 0 Å². The fourth-order valence-corrected chi connectivity index (χ4v) is 6.21. The van der Waals surface area contributed by atoms with E-state index in [-0.39, 0.29) is 16.4 Å². The van der Waals surface area contributed by atoms with Crippen LogP contribution in [0.4, 0.5) is 5.69 Å². The van der Waals surface area contributed by atoms with Crippen LogP contribution in [0.1, 0.15) is 57.0 Å². The third kappa shape index (κ3) is 1.58. The Morgan fingerprint density at radius 2 is 1.67 bits per heavy atom. The van der Waals surface area contributed by atoms with E-state index in [1.165, 1.54) is 39.1 Å². The van der Waals surface area contributed by atoms with Crippen LogP contribution >= 0.6 is 0 Å². The Labute approximate surface area is 162 Å². The van der Waals surface area contributed by atoms with Gasteiger partial charge in [0, 0.05) is 43.5 Å². The van der Waals surface area contributed by atoms with Gasteiger partial charge in [-0.1, -0.05) is 45.9 Å². The maximum atomic E-state index is 2.71. The van der Waals surface area contributed by atoms with Gasteiger partial charge < -0.3 is 14.0 Å². The molecule has 0 amide bonds. The second-order valence-electron chi connectivity index (χ2n) is 9.93. The molecular formula is C24H31N3. The molecule has 2 aliphatic rings. The van der Waals surface area contributed by atoms with Gasteiger partial charge in [-0.05, 0) is 36.5 Å². The van der Waals surface area contributed by atoms with Gasteiger partial charge in [0.2, 0.25) is 0 Å². The van der Waals surface area contributed by atoms with Crippen molar-refractivity contribution in [2.75, 3.05) is 4.90 Å². The highest BCUT2D eigenvalue weighted by Crippen LogP contribution is 2.65. The average Bonchev–Trinajstić information content (AvgIpc) is 3.20. The summed E-state index contributed by atoms with van der Waals surface area (Å²) in [6, 6.07) is 9.12. The molecular weight excluding hydrogens is 330 g/mol. The molecule has 1 atom stereocenters. The van der Waals surface area contributed by atoms with Crippen LogP contribution < -0.4 is 4.90 Å². The lowest BCUT2D eigenvalue weighted by molar-refractivity contribution is 0.0640. The molecule has 1 unspecified atom stereocenters. The van der Waals surface area contributed by atoms with Crippen LogP contribution in [0.2, 0.25) is 0 Å². The summed E-state index contributed by atoms with van der Waals surface area (Å²) in [5.74, 6) is 0. The van der Waals surface area contributed by atoms with Crippen LogP contribution in [0.15, 0.2) is 30.5 Å². The fourth-order valence-electron chi connectivity index (χ4n) is 6.21. The lowest BCUT2D eigenvalue weighted by atomic mass is 9.52. The van der Waals surface area contributed by atoms with E-state index in [0.29, 0.717) is 0 Å². The Kier molecular flexibility index (Phi) is 2.91. The molecule has 0 saturated carbocycles. The molecule has 0 bridgehead atoms. The van der Waals surface area contributed by atoms with Gasteiger partial charge >= 0.3 is 0 Å². The summed E-state index contributed by atoms with van der Waals surface area (Å²) in [6.45, 7) is 15.6. The highest BCUT2D eigenvalue weighted by atomic mass is 15.3. The SMILES string of the molecule is Cc1cccc2c1N1Cc3c(n(C)c4ccn(C)c34)C1(C)C(C)(C)C2(C)C. The van der Waals surface area contributed by atoms with Crippen molar-refractivity contribution in [3.05, 3.63) is 52.8 Å². The van der Waals surface area contributed by atoms with E-state index in [9.17, 15) is 0 Å². The summed E-state index contributed by atoms with van der Waals surface area (Å²) in [6.07, 6.45) is 2.19. The Morgan fingerprint density at radius 3 is 2.37 bits per heavy atom. The maximum absolute atomic E-state index is 2.71. The van der Waals surface area contributed by atoms with Crippen molar-refractivity contribution in [3.63, 3.8) is 0 Å². The molecule has 2 aliphatic heterocycles. The molecule has 0 saturated heterocycles. The Bertz CT molecular complexity index is 1110. The number of fused-ring (bicyclic) bond motifs is 7. The zero-order valence-electron chi connectivity index (χ0n) is 17.9. The predicted octanol–water partition coefficient (Wildman–Crippen LogP) is 5.38. The number of nitrogens with zero attached hydrogens (tertiary/aromatic N) is 3. The number of aromatic nitrogens is 2. The Balaban J connectivity index is 1.93. The molecule has 0 fully saturated rings. The van der Waals surface area contributed by atoms with Crippen LogP contribution in [0.3, 0.4) is 0 Å². The first-order valence-electron chi connectivity index (χ1n) is 10.1. The van der Waals surface area contributed by atoms with Gasteiger partial charge in [0.15, 0.2) is 0 Å². The Hall–Kier alpha value is -2.16. The van der Waals surface area contributed by atoms with E-state index in [0.717, 1.165) is 6.54 Å². The summed E-state index contributed by atoms with van der Waals surface area (Å²) in [5.41, 5.74) is 10.1. The summed E-state index contributed by atoms with van der Waals surface area (Å²) < 4.78 is 4.76. The normalized spacial score (nSPS) is 24.8. The largest absolute Gasteiger partial charge is 0.355 e. The second-order valence-corrected chi connectivity index (χ2v) is 9.93. The molecule has 5 rings (SSSR count). The standard InChI is InChI=1S/C24H31N3/c1-15-10-9-11-17-19(15)27-14-16-20-18(12-13-25(20)7)26(8)21(16)24(27,6)23(4,5)22(17,2)3/h9-13H,14H2,1-8H3. The summed E-state index contributed by atoms with van der Waals surface area (Å²) in [7, 11) is 4.43. The van der Waals surface area contributed by atoms with Crippen LogP contribution in [-0.4, -0.2) is 9.13 Å². The first-order chi connectivity index (χ1) is 12.5. The number of rotatable bonds is 0. The summed E-state index contributed by atoms with van der Waals surface area (Å²) in [4.78, 5) is 2.71. The Morgan fingerprint density at radius 1 is 0.963 bits per heavy atom. The third-order valence-electron chi connectivity index (χ3n) is 8.60. The lowest BCUT2D eigenvalue weighted by Crippen LogP contribution is -2.62. The summed E-state index contributed by atoms with van der Waals surface area (Å²) >= 11 is 0. The van der Waals surface area contributed by atoms with Gasteiger partial charge in [-0.25, -0.2) is 0 Å². The topological polar surface area (TPSA) is 13.1 Å². The molecule has 0 radical (unpaired) electrons. The lowest BCUT2D eigenvalue weighted by Gasteiger charge is -2.61. The van der Waals surface area contributed by atoms with Crippen molar-refractivity contribution in [3.8, 4) is 0 Å². The van der Waals surface area contributed by atoms with Gasteiger partial charge in [0.1, 0.15) is 0 Å². The zero-order chi connectivity index (χ0) is 19.5. The maximum Gasteiger partial charge on any atom is 0.0842 e. The molecule has 3 nitrogen and oxygen atoms in total. The zero-order valence-corrected chi connectivity index (χ0v) is 17.9. The van der Waals surface area contributed by atoms with Crippen LogP contribution in [0.5, 0.6) is 0 Å². The molecule has 3 aromatic rings. The molecule has 0 N–H and O–H groups in total. The number of aryl methyl sites for hydroxylation is 3. The molecule has 0 aliphatic carbocycles. The van der Waals surface area contributed by atoms with Crippen LogP contribution in [-0.2, 0) is 31.6 Å². The highest BCUT2D eigenvalue weighted by Gasteiger charge is 2.63. The molecule has 1 aromatic carbocycles. The van der Waals surface area contributed by atoms with Crippen molar-refractivity contribution in [2.24, 2.45) is 19.5 Å². The molecule has 0 spiro atoms. The van der Waals surface area contributed by atoms with E-state index in [1.807, 2.05) is 0 Å². The average molecular weight is 362 g/mol. The van der Waals surface area contributed by atoms with Gasteiger partial charge in [0.25, 0.3) is 0 Å². The van der Waals surface area contributed by atoms with Crippen molar-refractivity contribution >= 4 is 16.7 Å². The van der Waals surface area contributed by atoms with E-state index < -0.39 is 0 Å². The molecule has 27 heavy (non-hydrogen) atoms. The molecule has 4 heterocycles. The summed E-state index contributed by atoms with van der Waals surface area (Å²) in [5, 5.41) is 0. The smallest absolute Gasteiger partial charge is 0.0842 e. The number of benzene rings is 1. The third-order valence-corrected chi connectivity index (χ3v) is 8.60. The minimum Gasteiger partial charge on any atom is -0.355 e. The minimum absolute atomic E-state index is 0.0568. The van der Waals surface area contributed by atoms with Gasteiger partial charge in [-0.15, -0.1) is 0 Å². The first-order valence-corrected chi connectivity index (χ1v) is 10.1. The highest BCUT2D eigenvalue weighted by molar-refractivity contribution is 5.87. The van der Waals surface area contributed by atoms with Crippen molar-refractivity contribution < 1.29 is 0 Å². The van der Waals surface area contributed by atoms with Gasteiger partial charge in [-0.2, -0.15) is 0 Å². The van der Waals surface area contributed by atoms with E-state index >= 15 is 0 Å². The van der Waals surface area contributed by atoms with Crippen molar-refractivity contribution in [1.29, 1.82) is 0 Å². The van der Waals surface area contributed by atoms with Gasteiger partial charge in [-0.3, -0.25) is 0 Å². The second kappa shape index (κ2) is 4.63. The van der Waals surface area contributed by atoms with E-state index in [1.54, 1.807) is 0 Å².